The molecule has 1 N–H and O–H groups in total. The van der Waals surface area contributed by atoms with Gasteiger partial charge >= 0.3 is 0 Å². The number of halogens is 1. The number of rotatable bonds is 7. The fourth-order valence-electron chi connectivity index (χ4n) is 1.99. The first-order valence-electron chi connectivity index (χ1n) is 6.92. The van der Waals surface area contributed by atoms with Gasteiger partial charge in [-0.25, -0.2) is 0 Å². The highest BCUT2D eigenvalue weighted by atomic mass is 127. The van der Waals surface area contributed by atoms with E-state index >= 15 is 0 Å². The lowest BCUT2D eigenvalue weighted by Crippen LogP contribution is -2.18. The van der Waals surface area contributed by atoms with Gasteiger partial charge in [0, 0.05) is 20.2 Å². The van der Waals surface area contributed by atoms with Gasteiger partial charge in [0.2, 0.25) is 0 Å². The first-order valence-corrected chi connectivity index (χ1v) is 8.00. The Morgan fingerprint density at radius 2 is 1.90 bits per heavy atom. The van der Waals surface area contributed by atoms with E-state index in [4.69, 9.17) is 9.47 Å². The van der Waals surface area contributed by atoms with Crippen LogP contribution >= 0.6 is 22.6 Å². The maximum atomic E-state index is 5.99. The van der Waals surface area contributed by atoms with E-state index in [-0.39, 0.29) is 0 Å². The Morgan fingerprint density at radius 3 is 2.62 bits per heavy atom. The number of ether oxygens (including phenoxy) is 2. The van der Waals surface area contributed by atoms with Crippen molar-refractivity contribution >= 4 is 22.6 Å². The molecule has 4 heteroatoms. The summed E-state index contributed by atoms with van der Waals surface area (Å²) in [5.41, 5.74) is 2.39. The summed E-state index contributed by atoms with van der Waals surface area (Å²) in [7, 11) is 1.71. The van der Waals surface area contributed by atoms with Gasteiger partial charge in [-0.3, -0.25) is 0 Å². The quantitative estimate of drug-likeness (QED) is 0.563. The molecule has 0 heterocycles. The average Bonchev–Trinajstić information content (AvgIpc) is 2.48. The van der Waals surface area contributed by atoms with Gasteiger partial charge in [-0.15, -0.1) is 0 Å². The van der Waals surface area contributed by atoms with E-state index in [2.05, 4.69) is 47.0 Å². The van der Waals surface area contributed by atoms with Gasteiger partial charge in [-0.2, -0.15) is 0 Å². The van der Waals surface area contributed by atoms with Crippen LogP contribution in [-0.2, 0) is 11.3 Å². The predicted molar refractivity (Wildman–Crippen MR) is 94.0 cm³/mol. The molecule has 0 aliphatic carbocycles. The maximum Gasteiger partial charge on any atom is 0.140 e. The zero-order valence-electron chi connectivity index (χ0n) is 12.4. The van der Waals surface area contributed by atoms with Gasteiger partial charge in [0.15, 0.2) is 0 Å². The fourth-order valence-corrected chi connectivity index (χ4v) is 2.49. The first kappa shape index (κ1) is 16.3. The van der Waals surface area contributed by atoms with Crippen molar-refractivity contribution in [2.24, 2.45) is 0 Å². The monoisotopic (exact) mass is 397 g/mol. The molecule has 0 aliphatic rings. The molecule has 0 amide bonds. The topological polar surface area (TPSA) is 30.5 Å². The van der Waals surface area contributed by atoms with Gasteiger partial charge < -0.3 is 14.8 Å². The van der Waals surface area contributed by atoms with Crippen LogP contribution in [0.4, 0.5) is 0 Å². The molecular weight excluding hydrogens is 377 g/mol. The van der Waals surface area contributed by atoms with Crippen LogP contribution in [0, 0.1) is 10.5 Å². The molecular formula is C17H20INO2. The molecule has 2 rings (SSSR count). The normalized spacial score (nSPS) is 10.6. The van der Waals surface area contributed by atoms with Crippen molar-refractivity contribution in [1.29, 1.82) is 0 Å². The second-order valence-electron chi connectivity index (χ2n) is 4.80. The molecule has 2 aromatic rings. The second-order valence-corrected chi connectivity index (χ2v) is 5.96. The van der Waals surface area contributed by atoms with Crippen LogP contribution in [0.15, 0.2) is 42.5 Å². The Kier molecular flexibility index (Phi) is 6.48. The van der Waals surface area contributed by atoms with E-state index < -0.39 is 0 Å². The zero-order chi connectivity index (χ0) is 15.1. The van der Waals surface area contributed by atoms with Crippen molar-refractivity contribution in [2.75, 3.05) is 20.3 Å². The van der Waals surface area contributed by atoms with E-state index in [0.717, 1.165) is 40.3 Å². The number of methoxy groups -OCH3 is 1. The fraction of sp³-hybridized carbons (Fsp3) is 0.294. The van der Waals surface area contributed by atoms with Crippen molar-refractivity contribution in [1.82, 2.24) is 5.32 Å². The summed E-state index contributed by atoms with van der Waals surface area (Å²) in [5, 5.41) is 3.34. The van der Waals surface area contributed by atoms with Crippen LogP contribution in [-0.4, -0.2) is 20.3 Å². The van der Waals surface area contributed by atoms with E-state index in [9.17, 15) is 0 Å². The number of nitrogens with one attached hydrogen (secondary N) is 1. The van der Waals surface area contributed by atoms with Gasteiger partial charge in [-0.1, -0.05) is 24.3 Å². The van der Waals surface area contributed by atoms with Gasteiger partial charge in [0.1, 0.15) is 11.5 Å². The molecule has 2 aromatic carbocycles. The third-order valence-corrected chi connectivity index (χ3v) is 4.00. The molecule has 0 aliphatic heterocycles. The minimum absolute atomic E-state index is 0.729. The lowest BCUT2D eigenvalue weighted by Gasteiger charge is -2.12. The molecule has 21 heavy (non-hydrogen) atoms. The summed E-state index contributed by atoms with van der Waals surface area (Å²) >= 11 is 2.28. The van der Waals surface area contributed by atoms with E-state index in [1.54, 1.807) is 7.11 Å². The number of aryl methyl sites for hydroxylation is 1. The van der Waals surface area contributed by atoms with Crippen molar-refractivity contribution < 1.29 is 9.47 Å². The van der Waals surface area contributed by atoms with Crippen LogP contribution in [0.5, 0.6) is 11.5 Å². The standard InChI is InChI=1S/C17H20INO2/c1-13-11-14(12-19-9-10-20-2)7-8-16(13)21-17-6-4-3-5-15(17)18/h3-8,11,19H,9-10,12H2,1-2H3. The average molecular weight is 397 g/mol. The Labute approximate surface area is 139 Å². The third-order valence-electron chi connectivity index (χ3n) is 3.11. The summed E-state index contributed by atoms with van der Waals surface area (Å²) in [6.07, 6.45) is 0. The number of para-hydroxylation sites is 1. The van der Waals surface area contributed by atoms with E-state index in [1.807, 2.05) is 30.3 Å². The Bertz CT molecular complexity index is 587. The summed E-state index contributed by atoms with van der Waals surface area (Å²) in [6.45, 7) is 4.50. The summed E-state index contributed by atoms with van der Waals surface area (Å²) in [4.78, 5) is 0. The van der Waals surface area contributed by atoms with Crippen molar-refractivity contribution in [3.05, 3.63) is 57.2 Å². The molecule has 0 bridgehead atoms. The van der Waals surface area contributed by atoms with Gasteiger partial charge in [0.25, 0.3) is 0 Å². The number of hydrogen-bond acceptors (Lipinski definition) is 3. The SMILES string of the molecule is COCCNCc1ccc(Oc2ccccc2I)c(C)c1. The molecule has 0 atom stereocenters. The van der Waals surface area contributed by atoms with E-state index in [1.165, 1.54) is 5.56 Å². The summed E-state index contributed by atoms with van der Waals surface area (Å²) in [6, 6.07) is 14.3. The highest BCUT2D eigenvalue weighted by molar-refractivity contribution is 14.1. The van der Waals surface area contributed by atoms with Crippen LogP contribution in [0.1, 0.15) is 11.1 Å². The van der Waals surface area contributed by atoms with Crippen molar-refractivity contribution in [2.45, 2.75) is 13.5 Å². The highest BCUT2D eigenvalue weighted by Gasteiger charge is 2.05. The molecule has 0 saturated carbocycles. The van der Waals surface area contributed by atoms with Crippen LogP contribution < -0.4 is 10.1 Å². The van der Waals surface area contributed by atoms with Crippen LogP contribution in [0.3, 0.4) is 0 Å². The molecule has 0 saturated heterocycles. The molecule has 3 nitrogen and oxygen atoms in total. The Hall–Kier alpha value is -1.11. The van der Waals surface area contributed by atoms with Crippen molar-refractivity contribution in [3.63, 3.8) is 0 Å². The molecule has 0 radical (unpaired) electrons. The molecule has 112 valence electrons. The minimum atomic E-state index is 0.729. The third kappa shape index (κ3) is 4.98. The first-order chi connectivity index (χ1) is 10.2. The van der Waals surface area contributed by atoms with Gasteiger partial charge in [-0.05, 0) is 58.8 Å². The molecule has 0 aromatic heterocycles. The minimum Gasteiger partial charge on any atom is -0.456 e. The number of hydrogen-bond donors (Lipinski definition) is 1. The highest BCUT2D eigenvalue weighted by Crippen LogP contribution is 2.29. The van der Waals surface area contributed by atoms with Crippen LogP contribution in [0.25, 0.3) is 0 Å². The largest absolute Gasteiger partial charge is 0.456 e. The van der Waals surface area contributed by atoms with Gasteiger partial charge in [0.05, 0.1) is 10.2 Å². The summed E-state index contributed by atoms with van der Waals surface area (Å²) < 4.78 is 12.1. The zero-order valence-corrected chi connectivity index (χ0v) is 14.5. The smallest absolute Gasteiger partial charge is 0.140 e. The van der Waals surface area contributed by atoms with Crippen LogP contribution in [0.2, 0.25) is 0 Å². The predicted octanol–water partition coefficient (Wildman–Crippen LogP) is 4.13. The Balaban J connectivity index is 2.01. The summed E-state index contributed by atoms with van der Waals surface area (Å²) in [5.74, 6) is 1.80. The second kappa shape index (κ2) is 8.36. The van der Waals surface area contributed by atoms with Crippen molar-refractivity contribution in [3.8, 4) is 11.5 Å². The molecule has 0 fully saturated rings. The molecule has 0 spiro atoms. The molecule has 0 unspecified atom stereocenters. The lowest BCUT2D eigenvalue weighted by molar-refractivity contribution is 0.199. The van der Waals surface area contributed by atoms with E-state index in [0.29, 0.717) is 0 Å². The lowest BCUT2D eigenvalue weighted by atomic mass is 10.1. The number of benzene rings is 2. The Morgan fingerprint density at radius 1 is 1.10 bits per heavy atom. The maximum absolute atomic E-state index is 5.99.